The molecule has 0 radical (unpaired) electrons. The lowest BCUT2D eigenvalue weighted by molar-refractivity contribution is 0.368. The summed E-state index contributed by atoms with van der Waals surface area (Å²) in [5, 5.41) is 9.86. The molecule has 168 valence electrons. The molecule has 0 saturated heterocycles. The van der Waals surface area contributed by atoms with E-state index in [1.807, 2.05) is 24.5 Å². The summed E-state index contributed by atoms with van der Waals surface area (Å²) < 4.78 is 18.5. The van der Waals surface area contributed by atoms with Gasteiger partial charge in [0.05, 0.1) is 17.9 Å². The maximum Gasteiger partial charge on any atom is 0.152 e. The molecule has 32 heavy (non-hydrogen) atoms. The Morgan fingerprint density at radius 1 is 1.06 bits per heavy atom. The van der Waals surface area contributed by atoms with Crippen molar-refractivity contribution in [2.45, 2.75) is 50.6 Å². The third-order valence-electron chi connectivity index (χ3n) is 6.44. The number of benzene rings is 1. The van der Waals surface area contributed by atoms with Gasteiger partial charge in [-0.2, -0.15) is 0 Å². The van der Waals surface area contributed by atoms with Crippen molar-refractivity contribution in [3.8, 4) is 5.69 Å². The molecular formula is C22H23ClFN5S3. The summed E-state index contributed by atoms with van der Waals surface area (Å²) in [6, 6.07) is 9.05. The highest BCUT2D eigenvalue weighted by atomic mass is 35.5. The Morgan fingerprint density at radius 3 is 2.53 bits per heavy atom. The van der Waals surface area contributed by atoms with Gasteiger partial charge in [-0.3, -0.25) is 9.55 Å². The molecule has 2 aromatic heterocycles. The van der Waals surface area contributed by atoms with Crippen LogP contribution in [0.4, 0.5) is 4.39 Å². The minimum absolute atomic E-state index is 0.144. The molecule has 0 N–H and O–H groups in total. The fourth-order valence-corrected chi connectivity index (χ4v) is 6.37. The van der Waals surface area contributed by atoms with Gasteiger partial charge in [-0.25, -0.2) is 8.70 Å². The van der Waals surface area contributed by atoms with Gasteiger partial charge in [0.2, 0.25) is 0 Å². The minimum Gasteiger partial charge on any atom is -0.281 e. The molecular weight excluding hydrogens is 485 g/mol. The van der Waals surface area contributed by atoms with E-state index < -0.39 is 7.33 Å². The van der Waals surface area contributed by atoms with Gasteiger partial charge < -0.3 is 0 Å². The largest absolute Gasteiger partial charge is 0.281 e. The molecule has 2 aliphatic rings. The van der Waals surface area contributed by atoms with Crippen LogP contribution in [0.5, 0.6) is 0 Å². The van der Waals surface area contributed by atoms with Crippen LogP contribution in [-0.4, -0.2) is 30.3 Å². The van der Waals surface area contributed by atoms with Gasteiger partial charge in [-0.05, 0) is 91.3 Å². The number of aromatic nitrogens is 4. The van der Waals surface area contributed by atoms with Crippen molar-refractivity contribution in [1.29, 1.82) is 0 Å². The first-order valence-corrected chi connectivity index (χ1v) is 14.8. The zero-order chi connectivity index (χ0) is 22.5. The first-order chi connectivity index (χ1) is 15.3. The van der Waals surface area contributed by atoms with Crippen molar-refractivity contribution in [3.63, 3.8) is 0 Å². The highest BCUT2D eigenvalue weighted by Gasteiger charge is 2.32. The van der Waals surface area contributed by atoms with Gasteiger partial charge in [0.1, 0.15) is 11.6 Å². The number of nitrogens with zero attached hydrogens (tertiary/aromatic N) is 5. The highest BCUT2D eigenvalue weighted by molar-refractivity contribution is 8.54. The third kappa shape index (κ3) is 4.21. The lowest BCUT2D eigenvalue weighted by Crippen LogP contribution is -2.27. The molecule has 0 atom stereocenters. The molecule has 0 bridgehead atoms. The van der Waals surface area contributed by atoms with Crippen molar-refractivity contribution in [3.05, 3.63) is 70.3 Å². The van der Waals surface area contributed by atoms with E-state index in [2.05, 4.69) is 24.1 Å². The van der Waals surface area contributed by atoms with Crippen LogP contribution in [0.15, 0.2) is 36.5 Å². The maximum atomic E-state index is 14.2. The quantitative estimate of drug-likeness (QED) is 0.506. The normalized spacial score (nSPS) is 21.6. The van der Waals surface area contributed by atoms with E-state index in [-0.39, 0.29) is 17.7 Å². The zero-order valence-corrected chi connectivity index (χ0v) is 20.8. The van der Waals surface area contributed by atoms with Crippen molar-refractivity contribution in [2.24, 2.45) is 0 Å². The van der Waals surface area contributed by atoms with E-state index in [9.17, 15) is 4.39 Å². The number of hydrogen-bond acceptors (Lipinski definition) is 5. The van der Waals surface area contributed by atoms with Crippen LogP contribution in [0.3, 0.4) is 0 Å². The van der Waals surface area contributed by atoms with Gasteiger partial charge in [0.25, 0.3) is 0 Å². The smallest absolute Gasteiger partial charge is 0.152 e. The third-order valence-corrected chi connectivity index (χ3v) is 9.13. The molecule has 1 aliphatic heterocycles. The van der Waals surface area contributed by atoms with Crippen LogP contribution in [0, 0.1) is 5.82 Å². The average molecular weight is 508 g/mol. The Hall–Kier alpha value is -1.52. The van der Waals surface area contributed by atoms with Crippen LogP contribution >= 0.6 is 11.6 Å². The van der Waals surface area contributed by atoms with Crippen molar-refractivity contribution in [1.82, 2.24) is 24.1 Å². The summed E-state index contributed by atoms with van der Waals surface area (Å²) in [7, 11) is -1.77. The summed E-state index contributed by atoms with van der Waals surface area (Å²) in [4.78, 5) is 4.30. The summed E-state index contributed by atoms with van der Waals surface area (Å²) in [6.45, 7) is 1.20. The molecule has 0 unspecified atom stereocenters. The van der Waals surface area contributed by atoms with Crippen molar-refractivity contribution >= 4 is 41.3 Å². The summed E-state index contributed by atoms with van der Waals surface area (Å²) in [5.41, 5.74) is 2.70. The molecule has 1 aliphatic carbocycles. The van der Waals surface area contributed by atoms with E-state index >= 15 is 0 Å². The molecule has 0 amide bonds. The second-order valence-electron chi connectivity index (χ2n) is 8.53. The fraction of sp³-hybridized carbons (Fsp3) is 0.409. The van der Waals surface area contributed by atoms with Gasteiger partial charge in [0, 0.05) is 35.9 Å². The Balaban J connectivity index is 1.48. The van der Waals surface area contributed by atoms with Crippen LogP contribution in [-0.2, 0) is 42.8 Å². The molecule has 3 heterocycles. The zero-order valence-electron chi connectivity index (χ0n) is 17.6. The van der Waals surface area contributed by atoms with Crippen LogP contribution in [0.1, 0.15) is 60.4 Å². The number of rotatable bonds is 3. The fourth-order valence-electron chi connectivity index (χ4n) is 4.82. The van der Waals surface area contributed by atoms with E-state index in [1.54, 1.807) is 12.3 Å². The first kappa shape index (κ1) is 22.3. The molecule has 1 aromatic carbocycles. The Kier molecular flexibility index (Phi) is 6.05. The standard InChI is InChI=1S/C22H23ClFN5S3/c1-32(30,31)28-12-16-11-17(23)8-9-19(16)29-20(13-28)26-27-22(29)15-6-4-14(5-7-15)21-18(24)3-2-10-25-21/h2-3,8-11,14-15H,4-7,12-13H2,1H3/t14-,15-. The number of pyridine rings is 1. The summed E-state index contributed by atoms with van der Waals surface area (Å²) >= 11 is 17.6. The molecule has 0 spiro atoms. The lowest BCUT2D eigenvalue weighted by atomic mass is 9.79. The molecule has 5 nitrogen and oxygen atoms in total. The monoisotopic (exact) mass is 507 g/mol. The maximum absolute atomic E-state index is 14.2. The second kappa shape index (κ2) is 8.68. The van der Waals surface area contributed by atoms with Crippen LogP contribution < -0.4 is 0 Å². The average Bonchev–Trinajstić information content (AvgIpc) is 3.09. The highest BCUT2D eigenvalue weighted by Crippen LogP contribution is 2.41. The first-order valence-electron chi connectivity index (χ1n) is 10.6. The Labute approximate surface area is 202 Å². The topological polar surface area (TPSA) is 46.8 Å². The van der Waals surface area contributed by atoms with Gasteiger partial charge in [-0.1, -0.05) is 11.6 Å². The van der Waals surface area contributed by atoms with Crippen LogP contribution in [0.25, 0.3) is 5.69 Å². The number of halogens is 2. The molecule has 10 heteroatoms. The van der Waals surface area contributed by atoms with Crippen LogP contribution in [0.2, 0.25) is 5.02 Å². The van der Waals surface area contributed by atoms with Crippen molar-refractivity contribution in [2.75, 3.05) is 6.26 Å². The van der Waals surface area contributed by atoms with Gasteiger partial charge >= 0.3 is 0 Å². The predicted molar refractivity (Wildman–Crippen MR) is 132 cm³/mol. The van der Waals surface area contributed by atoms with E-state index in [4.69, 9.17) is 34.0 Å². The SMILES string of the molecule is CS(=S)(=S)N1Cc2cc(Cl)ccc2-n2c(nnc2[C@H]2CC[C@H](c3ncccc3F)CC2)C1. The Morgan fingerprint density at radius 2 is 1.81 bits per heavy atom. The lowest BCUT2D eigenvalue weighted by Gasteiger charge is -2.28. The van der Waals surface area contributed by atoms with Crippen molar-refractivity contribution < 1.29 is 4.39 Å². The molecule has 1 fully saturated rings. The van der Waals surface area contributed by atoms with E-state index in [1.165, 1.54) is 6.07 Å². The minimum atomic E-state index is -1.77. The van der Waals surface area contributed by atoms with Gasteiger partial charge in [-0.15, -0.1) is 10.2 Å². The van der Waals surface area contributed by atoms with Gasteiger partial charge in [0.15, 0.2) is 5.82 Å². The molecule has 3 aromatic rings. The van der Waals surface area contributed by atoms with E-state index in [0.29, 0.717) is 23.8 Å². The Bertz CT molecular complexity index is 1270. The molecule has 5 rings (SSSR count). The second-order valence-corrected chi connectivity index (χ2v) is 15.5. The summed E-state index contributed by atoms with van der Waals surface area (Å²) in [5.74, 6) is 1.99. The number of hydrogen-bond donors (Lipinski definition) is 0. The number of fused-ring (bicyclic) bond motifs is 3. The van der Waals surface area contributed by atoms with E-state index in [0.717, 1.165) is 48.6 Å². The summed E-state index contributed by atoms with van der Waals surface area (Å²) in [6.07, 6.45) is 7.19. The molecule has 1 saturated carbocycles. The predicted octanol–water partition coefficient (Wildman–Crippen LogP) is 4.83.